The Bertz CT molecular complexity index is 1200. The van der Waals surface area contributed by atoms with E-state index in [0.717, 1.165) is 49.6 Å². The molecule has 4 heterocycles. The van der Waals surface area contributed by atoms with E-state index < -0.39 is 12.4 Å². The molecule has 10 heteroatoms. The van der Waals surface area contributed by atoms with Gasteiger partial charge in [-0.3, -0.25) is 4.67 Å². The Labute approximate surface area is 208 Å². The van der Waals surface area contributed by atoms with Crippen LogP contribution in [0.5, 0.6) is 5.75 Å². The second-order valence-corrected chi connectivity index (χ2v) is 13.7. The molecule has 2 aromatic carbocycles. The second kappa shape index (κ2) is 8.40. The summed E-state index contributed by atoms with van der Waals surface area (Å²) in [5.74, 6) is 0.691. The SMILES string of the molecule is O=C1Oc2c(cc3c4c2CCCN4CCC3)[P@](=S)(N2CCOCC2)N1c1ccc(Cl)c(Cl)c1. The first-order valence-electron chi connectivity index (χ1n) is 11.3. The molecule has 0 aliphatic carbocycles. The largest absolute Gasteiger partial charge is 0.424 e. The zero-order valence-corrected chi connectivity index (χ0v) is 21.3. The Balaban J connectivity index is 1.60. The van der Waals surface area contributed by atoms with Crippen LogP contribution in [-0.2, 0) is 29.4 Å². The van der Waals surface area contributed by atoms with Gasteiger partial charge in [0.05, 0.1) is 34.3 Å². The van der Waals surface area contributed by atoms with E-state index in [0.29, 0.717) is 47.8 Å². The number of morpholine rings is 1. The minimum atomic E-state index is -2.76. The lowest BCUT2D eigenvalue weighted by Gasteiger charge is -2.48. The van der Waals surface area contributed by atoms with E-state index in [1.807, 2.05) is 0 Å². The molecular weight excluding hydrogens is 500 g/mol. The number of hydrogen-bond acceptors (Lipinski definition) is 5. The molecule has 6 rings (SSSR count). The monoisotopic (exact) mass is 523 g/mol. The molecule has 0 spiro atoms. The highest BCUT2D eigenvalue weighted by Gasteiger charge is 2.48. The van der Waals surface area contributed by atoms with E-state index >= 15 is 0 Å². The van der Waals surface area contributed by atoms with Crippen molar-refractivity contribution in [3.63, 3.8) is 0 Å². The zero-order valence-electron chi connectivity index (χ0n) is 18.1. The van der Waals surface area contributed by atoms with Gasteiger partial charge in [0.1, 0.15) is 12.1 Å². The third kappa shape index (κ3) is 3.43. The number of rotatable bonds is 2. The van der Waals surface area contributed by atoms with Crippen molar-refractivity contribution in [3.05, 3.63) is 45.4 Å². The molecule has 6 nitrogen and oxygen atoms in total. The highest BCUT2D eigenvalue weighted by atomic mass is 35.5. The summed E-state index contributed by atoms with van der Waals surface area (Å²) < 4.78 is 15.7. The molecule has 0 radical (unpaired) electrons. The third-order valence-corrected chi connectivity index (χ3v) is 12.5. The van der Waals surface area contributed by atoms with Gasteiger partial charge in [-0.15, -0.1) is 0 Å². The minimum absolute atomic E-state index is 0.382. The number of benzene rings is 2. The molecule has 0 aromatic heterocycles. The van der Waals surface area contributed by atoms with Gasteiger partial charge >= 0.3 is 6.09 Å². The summed E-state index contributed by atoms with van der Waals surface area (Å²) in [6.45, 7) is 4.62. The predicted octanol–water partition coefficient (Wildman–Crippen LogP) is 4.98. The number of hydrogen-bond donors (Lipinski definition) is 0. The van der Waals surface area contributed by atoms with Gasteiger partial charge in [0.15, 0.2) is 0 Å². The highest BCUT2D eigenvalue weighted by Crippen LogP contribution is 2.61. The summed E-state index contributed by atoms with van der Waals surface area (Å²) >= 11 is 19.1. The lowest BCUT2D eigenvalue weighted by atomic mass is 9.91. The van der Waals surface area contributed by atoms with Crippen LogP contribution in [0.1, 0.15) is 24.0 Å². The number of aryl methyl sites for hydroxylation is 1. The first-order valence-corrected chi connectivity index (χ1v) is 14.8. The van der Waals surface area contributed by atoms with Crippen LogP contribution < -0.4 is 19.6 Å². The van der Waals surface area contributed by atoms with Crippen LogP contribution in [0.2, 0.25) is 10.0 Å². The fourth-order valence-electron chi connectivity index (χ4n) is 5.48. The van der Waals surface area contributed by atoms with Crippen LogP contribution in [0, 0.1) is 0 Å². The standard InChI is InChI=1S/C23H24Cl2N3O3PS/c24-18-6-5-16(14-19(18)25)28-23(29)31-22-17-4-2-8-26-7-1-3-15(21(17)26)13-20(22)32(28,33)27-9-11-30-12-10-27/h5-6,13-14H,1-4,7-12H2/t32-/m0/s1. The van der Waals surface area contributed by atoms with Crippen LogP contribution in [0.3, 0.4) is 0 Å². The van der Waals surface area contributed by atoms with E-state index in [1.54, 1.807) is 22.9 Å². The molecule has 1 fully saturated rings. The highest BCUT2D eigenvalue weighted by molar-refractivity contribution is 8.18. The fraction of sp³-hybridized carbons (Fsp3) is 0.435. The number of nitrogens with zero attached hydrogens (tertiary/aromatic N) is 3. The number of ether oxygens (including phenoxy) is 2. The molecule has 1 amide bonds. The van der Waals surface area contributed by atoms with Crippen molar-refractivity contribution < 1.29 is 14.3 Å². The van der Waals surface area contributed by atoms with Crippen molar-refractivity contribution >= 4 is 64.1 Å². The fourth-order valence-corrected chi connectivity index (χ4v) is 10.1. The van der Waals surface area contributed by atoms with E-state index in [4.69, 9.17) is 44.5 Å². The molecule has 1 atom stereocenters. The molecular formula is C23H24Cl2N3O3PS. The molecule has 4 aliphatic heterocycles. The number of anilines is 2. The first kappa shape index (κ1) is 22.1. The molecule has 33 heavy (non-hydrogen) atoms. The van der Waals surface area contributed by atoms with Gasteiger partial charge in [-0.05, 0) is 55.5 Å². The Hall–Kier alpha value is -1.34. The summed E-state index contributed by atoms with van der Waals surface area (Å²) in [4.78, 5) is 16.1. The van der Waals surface area contributed by atoms with Gasteiger partial charge < -0.3 is 14.4 Å². The lowest BCUT2D eigenvalue weighted by Crippen LogP contribution is -2.49. The normalized spacial score (nSPS) is 24.8. The van der Waals surface area contributed by atoms with E-state index in [9.17, 15) is 4.79 Å². The van der Waals surface area contributed by atoms with E-state index in [-0.39, 0.29) is 0 Å². The van der Waals surface area contributed by atoms with Crippen molar-refractivity contribution in [1.82, 2.24) is 4.67 Å². The van der Waals surface area contributed by atoms with Crippen molar-refractivity contribution in [2.45, 2.75) is 25.7 Å². The van der Waals surface area contributed by atoms with Crippen LogP contribution in [0.15, 0.2) is 24.3 Å². The summed E-state index contributed by atoms with van der Waals surface area (Å²) in [5, 5.41) is 1.79. The maximum atomic E-state index is 13.7. The van der Waals surface area contributed by atoms with Crippen molar-refractivity contribution in [3.8, 4) is 5.75 Å². The number of carbonyl (C=O) groups excluding carboxylic acids is 1. The van der Waals surface area contributed by atoms with E-state index in [1.165, 1.54) is 11.3 Å². The Morgan fingerprint density at radius 2 is 1.73 bits per heavy atom. The van der Waals surface area contributed by atoms with Crippen LogP contribution in [-0.4, -0.2) is 50.2 Å². The summed E-state index contributed by atoms with van der Waals surface area (Å²) in [7, 11) is 0. The number of halogens is 2. The van der Waals surface area contributed by atoms with Gasteiger partial charge in [-0.2, -0.15) is 0 Å². The van der Waals surface area contributed by atoms with Crippen molar-refractivity contribution in [1.29, 1.82) is 0 Å². The Morgan fingerprint density at radius 3 is 2.48 bits per heavy atom. The predicted molar refractivity (Wildman–Crippen MR) is 137 cm³/mol. The smallest absolute Gasteiger partial charge is 0.408 e. The average Bonchev–Trinajstić information content (AvgIpc) is 2.83. The average molecular weight is 524 g/mol. The molecule has 0 N–H and O–H groups in total. The maximum Gasteiger partial charge on any atom is 0.424 e. The number of amides is 1. The lowest BCUT2D eigenvalue weighted by molar-refractivity contribution is 0.0747. The number of carbonyl (C=O) groups is 1. The Kier molecular flexibility index (Phi) is 5.64. The van der Waals surface area contributed by atoms with Crippen LogP contribution >= 0.6 is 29.5 Å². The van der Waals surface area contributed by atoms with Gasteiger partial charge in [0.2, 0.25) is 0 Å². The molecule has 4 aliphatic rings. The number of fused-ring (bicyclic) bond motifs is 2. The topological polar surface area (TPSA) is 45.3 Å². The maximum absolute atomic E-state index is 13.7. The summed E-state index contributed by atoms with van der Waals surface area (Å²) in [5.41, 5.74) is 4.36. The second-order valence-electron chi connectivity index (χ2n) is 8.79. The van der Waals surface area contributed by atoms with Crippen LogP contribution in [0.4, 0.5) is 16.2 Å². The Morgan fingerprint density at radius 1 is 0.970 bits per heavy atom. The van der Waals surface area contributed by atoms with Gasteiger partial charge in [-0.25, -0.2) is 9.46 Å². The molecule has 0 saturated carbocycles. The van der Waals surface area contributed by atoms with Gasteiger partial charge in [0.25, 0.3) is 0 Å². The zero-order chi connectivity index (χ0) is 22.7. The molecule has 0 unspecified atom stereocenters. The minimum Gasteiger partial charge on any atom is -0.408 e. The molecule has 174 valence electrons. The van der Waals surface area contributed by atoms with Gasteiger partial charge in [-0.1, -0.05) is 35.0 Å². The third-order valence-electron chi connectivity index (χ3n) is 6.92. The van der Waals surface area contributed by atoms with Crippen molar-refractivity contribution in [2.24, 2.45) is 0 Å². The first-order chi connectivity index (χ1) is 16.0. The molecule has 2 aromatic rings. The molecule has 1 saturated heterocycles. The van der Waals surface area contributed by atoms with E-state index in [2.05, 4.69) is 15.6 Å². The summed E-state index contributed by atoms with van der Waals surface area (Å²) in [6.07, 6.45) is 0.899. The van der Waals surface area contributed by atoms with Crippen molar-refractivity contribution in [2.75, 3.05) is 49.0 Å². The molecule has 0 bridgehead atoms. The quantitative estimate of drug-likeness (QED) is 0.517. The van der Waals surface area contributed by atoms with Gasteiger partial charge in [0, 0.05) is 37.4 Å². The van der Waals surface area contributed by atoms with Crippen LogP contribution in [0.25, 0.3) is 0 Å². The summed E-state index contributed by atoms with van der Waals surface area (Å²) in [6, 6.07) is 7.45.